The van der Waals surface area contributed by atoms with Crippen LogP contribution in [0.25, 0.3) is 0 Å². The van der Waals surface area contributed by atoms with Crippen LogP contribution in [0.2, 0.25) is 0 Å². The number of unbranched alkanes of at least 4 members (excludes halogenated alkanes) is 1. The molecule has 17 heavy (non-hydrogen) atoms. The van der Waals surface area contributed by atoms with E-state index in [1.54, 1.807) is 6.20 Å². The monoisotopic (exact) mass is 236 g/mol. The van der Waals surface area contributed by atoms with Crippen LogP contribution in [0, 0.1) is 0 Å². The van der Waals surface area contributed by atoms with Crippen LogP contribution in [0.1, 0.15) is 25.7 Å². The number of rotatable bonds is 6. The van der Waals surface area contributed by atoms with Crippen molar-refractivity contribution >= 4 is 5.91 Å². The van der Waals surface area contributed by atoms with Crippen LogP contribution in [0.3, 0.4) is 0 Å². The summed E-state index contributed by atoms with van der Waals surface area (Å²) in [5, 5.41) is 6.17. The van der Waals surface area contributed by atoms with Gasteiger partial charge in [0.2, 0.25) is 5.91 Å². The van der Waals surface area contributed by atoms with Gasteiger partial charge in [0, 0.05) is 25.5 Å². The van der Waals surface area contributed by atoms with Crippen LogP contribution in [-0.4, -0.2) is 34.6 Å². The number of nitrogens with zero attached hydrogens (tertiary/aromatic N) is 2. The zero-order valence-corrected chi connectivity index (χ0v) is 10.1. The van der Waals surface area contributed by atoms with Gasteiger partial charge in [-0.1, -0.05) is 0 Å². The lowest BCUT2D eigenvalue weighted by atomic mass is 10.2. The first-order valence-electron chi connectivity index (χ1n) is 6.33. The minimum atomic E-state index is 0.0450. The van der Waals surface area contributed by atoms with E-state index in [0.717, 1.165) is 45.3 Å². The van der Waals surface area contributed by atoms with Crippen molar-refractivity contribution in [3.05, 3.63) is 18.7 Å². The number of hydrogen-bond acceptors (Lipinski definition) is 3. The van der Waals surface area contributed by atoms with Gasteiger partial charge in [0.25, 0.3) is 0 Å². The summed E-state index contributed by atoms with van der Waals surface area (Å²) in [5.74, 6) is 0.158. The van der Waals surface area contributed by atoms with E-state index in [1.807, 2.05) is 12.5 Å². The average Bonchev–Trinajstić information content (AvgIpc) is 3.01. The predicted octanol–water partition coefficient (Wildman–Crippen LogP) is 0.531. The lowest BCUT2D eigenvalue weighted by molar-refractivity contribution is -0.122. The van der Waals surface area contributed by atoms with Gasteiger partial charge in [-0.3, -0.25) is 4.79 Å². The maximum absolute atomic E-state index is 11.6. The van der Waals surface area contributed by atoms with E-state index >= 15 is 0 Å². The molecular formula is C12H20N4O. The molecule has 1 aromatic heterocycles. The van der Waals surface area contributed by atoms with Crippen molar-refractivity contribution in [1.82, 2.24) is 20.2 Å². The van der Waals surface area contributed by atoms with Crippen molar-refractivity contribution in [2.24, 2.45) is 0 Å². The summed E-state index contributed by atoms with van der Waals surface area (Å²) in [4.78, 5) is 15.6. The highest BCUT2D eigenvalue weighted by Gasteiger charge is 2.20. The number of aromatic nitrogens is 2. The summed E-state index contributed by atoms with van der Waals surface area (Å²) >= 11 is 0. The molecule has 0 spiro atoms. The third-order valence-corrected chi connectivity index (χ3v) is 3.08. The molecular weight excluding hydrogens is 216 g/mol. The van der Waals surface area contributed by atoms with Gasteiger partial charge >= 0.3 is 0 Å². The molecule has 5 nitrogen and oxygen atoms in total. The summed E-state index contributed by atoms with van der Waals surface area (Å²) in [6, 6.07) is 0.0450. The summed E-state index contributed by atoms with van der Waals surface area (Å²) in [6.45, 7) is 2.71. The molecule has 1 aromatic rings. The van der Waals surface area contributed by atoms with Gasteiger partial charge in [-0.2, -0.15) is 0 Å². The molecule has 2 N–H and O–H groups in total. The molecule has 0 aromatic carbocycles. The Morgan fingerprint density at radius 1 is 1.53 bits per heavy atom. The number of imidazole rings is 1. The number of carbonyl (C=O) groups is 1. The molecule has 1 atom stereocenters. The Morgan fingerprint density at radius 2 is 2.47 bits per heavy atom. The van der Waals surface area contributed by atoms with Crippen molar-refractivity contribution in [2.75, 3.05) is 13.1 Å². The van der Waals surface area contributed by atoms with Crippen LogP contribution in [-0.2, 0) is 11.3 Å². The number of amides is 1. The Balaban J connectivity index is 1.52. The maximum Gasteiger partial charge on any atom is 0.237 e. The van der Waals surface area contributed by atoms with E-state index in [0.29, 0.717) is 0 Å². The Hall–Kier alpha value is -1.36. The molecule has 0 bridgehead atoms. The number of hydrogen-bond donors (Lipinski definition) is 2. The van der Waals surface area contributed by atoms with Gasteiger partial charge in [0.05, 0.1) is 12.4 Å². The SMILES string of the molecule is O=C(NCCCCn1ccnc1)[C@@H]1CCCN1. The van der Waals surface area contributed by atoms with Crippen LogP contribution in [0.15, 0.2) is 18.7 Å². The van der Waals surface area contributed by atoms with Crippen molar-refractivity contribution in [3.8, 4) is 0 Å². The van der Waals surface area contributed by atoms with E-state index in [9.17, 15) is 4.79 Å². The van der Waals surface area contributed by atoms with Crippen LogP contribution in [0.4, 0.5) is 0 Å². The molecule has 0 saturated carbocycles. The van der Waals surface area contributed by atoms with Crippen LogP contribution < -0.4 is 10.6 Å². The summed E-state index contributed by atoms with van der Waals surface area (Å²) in [6.07, 6.45) is 9.72. The van der Waals surface area contributed by atoms with Gasteiger partial charge in [0.15, 0.2) is 0 Å². The minimum Gasteiger partial charge on any atom is -0.355 e. The Morgan fingerprint density at radius 3 is 3.18 bits per heavy atom. The minimum absolute atomic E-state index is 0.0450. The molecule has 0 radical (unpaired) electrons. The van der Waals surface area contributed by atoms with E-state index in [2.05, 4.69) is 20.2 Å². The Labute approximate surface area is 102 Å². The predicted molar refractivity (Wildman–Crippen MR) is 65.5 cm³/mol. The fourth-order valence-electron chi connectivity index (χ4n) is 2.08. The number of carbonyl (C=O) groups excluding carboxylic acids is 1. The molecule has 2 heterocycles. The van der Waals surface area contributed by atoms with Gasteiger partial charge in [-0.25, -0.2) is 4.98 Å². The fraction of sp³-hybridized carbons (Fsp3) is 0.667. The first-order valence-corrected chi connectivity index (χ1v) is 6.33. The number of aryl methyl sites for hydroxylation is 1. The van der Waals surface area contributed by atoms with E-state index in [1.165, 1.54) is 0 Å². The third-order valence-electron chi connectivity index (χ3n) is 3.08. The first kappa shape index (κ1) is 12.1. The molecule has 0 aliphatic carbocycles. The maximum atomic E-state index is 11.6. The molecule has 1 fully saturated rings. The molecule has 0 unspecified atom stereocenters. The molecule has 1 aliphatic heterocycles. The lowest BCUT2D eigenvalue weighted by Crippen LogP contribution is -2.40. The second-order valence-corrected chi connectivity index (χ2v) is 4.45. The third kappa shape index (κ3) is 3.85. The van der Waals surface area contributed by atoms with Crippen LogP contribution in [0.5, 0.6) is 0 Å². The Bertz CT molecular complexity index is 330. The highest BCUT2D eigenvalue weighted by atomic mass is 16.2. The first-order chi connectivity index (χ1) is 8.36. The molecule has 2 rings (SSSR count). The molecule has 94 valence electrons. The van der Waals surface area contributed by atoms with E-state index < -0.39 is 0 Å². The standard InChI is InChI=1S/C12H20N4O/c17-12(11-4-3-6-14-11)15-5-1-2-8-16-9-7-13-10-16/h7,9-11,14H,1-6,8H2,(H,15,17)/t11-/m0/s1. The second-order valence-electron chi connectivity index (χ2n) is 4.45. The van der Waals surface area contributed by atoms with Gasteiger partial charge in [0.1, 0.15) is 0 Å². The molecule has 1 aliphatic rings. The zero-order chi connectivity index (χ0) is 11.9. The van der Waals surface area contributed by atoms with Gasteiger partial charge in [-0.15, -0.1) is 0 Å². The van der Waals surface area contributed by atoms with Gasteiger partial charge < -0.3 is 15.2 Å². The average molecular weight is 236 g/mol. The summed E-state index contributed by atoms with van der Waals surface area (Å²) in [7, 11) is 0. The van der Waals surface area contributed by atoms with Crippen molar-refractivity contribution in [1.29, 1.82) is 0 Å². The van der Waals surface area contributed by atoms with Crippen molar-refractivity contribution in [2.45, 2.75) is 38.3 Å². The molecule has 1 saturated heterocycles. The zero-order valence-electron chi connectivity index (χ0n) is 10.1. The highest BCUT2D eigenvalue weighted by Crippen LogP contribution is 2.04. The fourth-order valence-corrected chi connectivity index (χ4v) is 2.08. The quantitative estimate of drug-likeness (QED) is 0.708. The number of nitrogens with one attached hydrogen (secondary N) is 2. The van der Waals surface area contributed by atoms with Crippen molar-refractivity contribution in [3.63, 3.8) is 0 Å². The normalized spacial score (nSPS) is 19.4. The smallest absolute Gasteiger partial charge is 0.237 e. The summed E-state index contributed by atoms with van der Waals surface area (Å²) in [5.41, 5.74) is 0. The Kier molecular flexibility index (Phi) is 4.55. The summed E-state index contributed by atoms with van der Waals surface area (Å²) < 4.78 is 2.06. The largest absolute Gasteiger partial charge is 0.355 e. The molecule has 5 heteroatoms. The molecule has 1 amide bonds. The highest BCUT2D eigenvalue weighted by molar-refractivity contribution is 5.81. The lowest BCUT2D eigenvalue weighted by Gasteiger charge is -2.10. The van der Waals surface area contributed by atoms with E-state index in [4.69, 9.17) is 0 Å². The van der Waals surface area contributed by atoms with Crippen molar-refractivity contribution < 1.29 is 4.79 Å². The van der Waals surface area contributed by atoms with Crippen LogP contribution >= 0.6 is 0 Å². The second kappa shape index (κ2) is 6.39. The topological polar surface area (TPSA) is 59.0 Å². The van der Waals surface area contributed by atoms with E-state index in [-0.39, 0.29) is 11.9 Å². The van der Waals surface area contributed by atoms with Gasteiger partial charge in [-0.05, 0) is 32.2 Å².